The maximum atomic E-state index is 12.2. The Morgan fingerprint density at radius 1 is 1.29 bits per heavy atom. The maximum Gasteiger partial charge on any atom is 0.193 e. The van der Waals surface area contributed by atoms with Crippen molar-refractivity contribution < 1.29 is 4.21 Å². The number of rotatable bonds is 8. The summed E-state index contributed by atoms with van der Waals surface area (Å²) in [6.07, 6.45) is 1.23. The maximum absolute atomic E-state index is 12.2. The molecule has 0 spiro atoms. The van der Waals surface area contributed by atoms with E-state index >= 15 is 0 Å². The summed E-state index contributed by atoms with van der Waals surface area (Å²) in [6, 6.07) is 0. The van der Waals surface area contributed by atoms with E-state index in [1.54, 1.807) is 0 Å². The molecule has 0 aromatic carbocycles. The van der Waals surface area contributed by atoms with Crippen LogP contribution in [0.5, 0.6) is 0 Å². The Bertz CT molecular complexity index is 416. The van der Waals surface area contributed by atoms with Gasteiger partial charge >= 0.3 is 0 Å². The van der Waals surface area contributed by atoms with Crippen LogP contribution in [-0.2, 0) is 10.8 Å². The van der Waals surface area contributed by atoms with Gasteiger partial charge in [0.2, 0.25) is 0 Å². The van der Waals surface area contributed by atoms with Crippen molar-refractivity contribution in [3.05, 3.63) is 0 Å². The van der Waals surface area contributed by atoms with Gasteiger partial charge in [0.05, 0.1) is 6.54 Å². The zero-order valence-corrected chi connectivity index (χ0v) is 17.4. The molecule has 0 saturated carbocycles. The summed E-state index contributed by atoms with van der Waals surface area (Å²) in [6.45, 7) is 19.7. The van der Waals surface area contributed by atoms with E-state index < -0.39 is 10.8 Å². The third-order valence-corrected chi connectivity index (χ3v) is 6.47. The van der Waals surface area contributed by atoms with E-state index in [9.17, 15) is 4.21 Å². The molecule has 6 heteroatoms. The molecule has 1 saturated heterocycles. The number of nitrogens with zero attached hydrogens (tertiary/aromatic N) is 3. The predicted molar refractivity (Wildman–Crippen MR) is 106 cm³/mol. The van der Waals surface area contributed by atoms with E-state index in [1.165, 1.54) is 13.0 Å². The average molecular weight is 359 g/mol. The van der Waals surface area contributed by atoms with Crippen molar-refractivity contribution in [3.63, 3.8) is 0 Å². The van der Waals surface area contributed by atoms with Gasteiger partial charge < -0.3 is 15.1 Å². The molecule has 2 atom stereocenters. The third kappa shape index (κ3) is 7.09. The molecule has 5 nitrogen and oxygen atoms in total. The Morgan fingerprint density at radius 2 is 1.96 bits per heavy atom. The van der Waals surface area contributed by atoms with Crippen LogP contribution >= 0.6 is 0 Å². The first-order valence-electron chi connectivity index (χ1n) is 9.45. The number of aliphatic imine (C=N–C) groups is 1. The summed E-state index contributed by atoms with van der Waals surface area (Å²) in [5.74, 6) is 2.35. The van der Waals surface area contributed by atoms with E-state index in [4.69, 9.17) is 4.99 Å². The van der Waals surface area contributed by atoms with Gasteiger partial charge in [-0.05, 0) is 53.1 Å². The van der Waals surface area contributed by atoms with Gasteiger partial charge in [0.25, 0.3) is 0 Å². The number of hydrogen-bond acceptors (Lipinski definition) is 3. The lowest BCUT2D eigenvalue weighted by Gasteiger charge is -2.24. The second kappa shape index (κ2) is 10.4. The van der Waals surface area contributed by atoms with Crippen molar-refractivity contribution in [2.24, 2.45) is 10.9 Å². The highest BCUT2D eigenvalue weighted by molar-refractivity contribution is 7.86. The summed E-state index contributed by atoms with van der Waals surface area (Å²) in [4.78, 5) is 9.61. The molecule has 0 radical (unpaired) electrons. The zero-order chi connectivity index (χ0) is 18.2. The lowest BCUT2D eigenvalue weighted by molar-refractivity contribution is 0.255. The Morgan fingerprint density at radius 3 is 2.50 bits per heavy atom. The van der Waals surface area contributed by atoms with Crippen molar-refractivity contribution in [1.82, 2.24) is 15.1 Å². The van der Waals surface area contributed by atoms with E-state index in [0.717, 1.165) is 44.6 Å². The molecule has 0 amide bonds. The second-order valence-electron chi connectivity index (χ2n) is 7.48. The van der Waals surface area contributed by atoms with Gasteiger partial charge in [-0.2, -0.15) is 0 Å². The fraction of sp³-hybridized carbons (Fsp3) is 0.944. The molecule has 0 aromatic rings. The van der Waals surface area contributed by atoms with Crippen LogP contribution in [0.25, 0.3) is 0 Å². The Kier molecular flexibility index (Phi) is 9.27. The summed E-state index contributed by atoms with van der Waals surface area (Å²) in [5.41, 5.74) is 0. The molecule has 1 heterocycles. The topological polar surface area (TPSA) is 47.9 Å². The summed E-state index contributed by atoms with van der Waals surface area (Å²) < 4.78 is 12.0. The monoisotopic (exact) mass is 358 g/mol. The normalized spacial score (nSPS) is 20.7. The molecule has 2 unspecified atom stereocenters. The second-order valence-corrected chi connectivity index (χ2v) is 9.81. The Hall–Kier alpha value is -0.620. The van der Waals surface area contributed by atoms with Gasteiger partial charge in [0.15, 0.2) is 5.96 Å². The highest BCUT2D eigenvalue weighted by atomic mass is 32.2. The van der Waals surface area contributed by atoms with Crippen LogP contribution < -0.4 is 5.32 Å². The van der Waals surface area contributed by atoms with Gasteiger partial charge in [0, 0.05) is 47.5 Å². The van der Waals surface area contributed by atoms with Crippen molar-refractivity contribution in [2.45, 2.75) is 52.7 Å². The average Bonchev–Trinajstić information content (AvgIpc) is 2.99. The predicted octanol–water partition coefficient (Wildman–Crippen LogP) is 2.16. The lowest BCUT2D eigenvalue weighted by Crippen LogP contribution is -2.41. The standard InChI is InChI=1S/C18H38N4OS/c1-7-19-17(20-11-13-24(23)18(4,5)6)22-12-10-16(15-22)14-21(8-2)9-3/h16H,7-15H2,1-6H3,(H,19,20). The smallest absolute Gasteiger partial charge is 0.193 e. The van der Waals surface area contributed by atoms with Crippen LogP contribution in [0, 0.1) is 5.92 Å². The first-order chi connectivity index (χ1) is 11.3. The third-order valence-electron chi connectivity index (χ3n) is 4.55. The van der Waals surface area contributed by atoms with Crippen LogP contribution in [-0.4, -0.2) is 76.3 Å². The molecular weight excluding hydrogens is 320 g/mol. The molecule has 0 bridgehead atoms. The van der Waals surface area contributed by atoms with Gasteiger partial charge in [-0.25, -0.2) is 0 Å². The quantitative estimate of drug-likeness (QED) is 0.534. The van der Waals surface area contributed by atoms with Crippen molar-refractivity contribution >= 4 is 16.8 Å². The first kappa shape index (κ1) is 21.4. The largest absolute Gasteiger partial charge is 0.357 e. The van der Waals surface area contributed by atoms with Gasteiger partial charge in [-0.3, -0.25) is 9.20 Å². The number of hydrogen-bond donors (Lipinski definition) is 1. The van der Waals surface area contributed by atoms with Crippen LogP contribution in [0.2, 0.25) is 0 Å². The minimum absolute atomic E-state index is 0.156. The molecule has 1 fully saturated rings. The summed E-state index contributed by atoms with van der Waals surface area (Å²) in [5, 5.41) is 3.40. The molecule has 0 aromatic heterocycles. The van der Waals surface area contributed by atoms with Crippen molar-refractivity contribution in [2.75, 3.05) is 51.6 Å². The van der Waals surface area contributed by atoms with Gasteiger partial charge in [0.1, 0.15) is 0 Å². The molecule has 1 aliphatic rings. The molecule has 0 aliphatic carbocycles. The molecule has 1 aliphatic heterocycles. The SMILES string of the molecule is CCNC(=NCCS(=O)C(C)(C)C)N1CCC(CN(CC)CC)C1. The number of likely N-dealkylation sites (tertiary alicyclic amines) is 1. The molecule has 1 N–H and O–H groups in total. The van der Waals surface area contributed by atoms with Crippen molar-refractivity contribution in [3.8, 4) is 0 Å². The minimum Gasteiger partial charge on any atom is -0.357 e. The van der Waals surface area contributed by atoms with E-state index in [-0.39, 0.29) is 4.75 Å². The lowest BCUT2D eigenvalue weighted by atomic mass is 10.1. The van der Waals surface area contributed by atoms with Gasteiger partial charge in [-0.15, -0.1) is 0 Å². The van der Waals surface area contributed by atoms with Crippen LogP contribution in [0.15, 0.2) is 4.99 Å². The summed E-state index contributed by atoms with van der Waals surface area (Å²) >= 11 is 0. The van der Waals surface area contributed by atoms with Crippen LogP contribution in [0.3, 0.4) is 0 Å². The highest BCUT2D eigenvalue weighted by Crippen LogP contribution is 2.18. The van der Waals surface area contributed by atoms with E-state index in [1.807, 2.05) is 20.8 Å². The zero-order valence-electron chi connectivity index (χ0n) is 16.6. The van der Waals surface area contributed by atoms with E-state index in [0.29, 0.717) is 12.3 Å². The van der Waals surface area contributed by atoms with Crippen LogP contribution in [0.4, 0.5) is 0 Å². The van der Waals surface area contributed by atoms with Crippen LogP contribution in [0.1, 0.15) is 48.0 Å². The number of guanidine groups is 1. The molecule has 142 valence electrons. The van der Waals surface area contributed by atoms with Crippen molar-refractivity contribution in [1.29, 1.82) is 0 Å². The highest BCUT2D eigenvalue weighted by Gasteiger charge is 2.26. The number of nitrogens with one attached hydrogen (secondary N) is 1. The summed E-state index contributed by atoms with van der Waals surface area (Å²) in [7, 11) is -0.837. The molecular formula is C18H38N4OS. The van der Waals surface area contributed by atoms with E-state index in [2.05, 4.69) is 35.9 Å². The first-order valence-corrected chi connectivity index (χ1v) is 10.8. The molecule has 1 rings (SSSR count). The Balaban J connectivity index is 2.56. The Labute approximate surface area is 151 Å². The van der Waals surface area contributed by atoms with Gasteiger partial charge in [-0.1, -0.05) is 13.8 Å². The minimum atomic E-state index is -0.837. The molecule has 24 heavy (non-hydrogen) atoms. The fourth-order valence-corrected chi connectivity index (χ4v) is 3.86. The fourth-order valence-electron chi connectivity index (χ4n) is 2.99.